The lowest BCUT2D eigenvalue weighted by molar-refractivity contribution is 0.715. The van der Waals surface area contributed by atoms with Crippen LogP contribution in [0.25, 0.3) is 99.6 Å². The molecule has 0 aliphatic heterocycles. The smallest absolute Gasteiger partial charge is 0.160 e. The van der Waals surface area contributed by atoms with Crippen LogP contribution in [0.2, 0.25) is 0 Å². The summed E-state index contributed by atoms with van der Waals surface area (Å²) in [6.07, 6.45) is 0. The molecule has 0 N–H and O–H groups in total. The van der Waals surface area contributed by atoms with Gasteiger partial charge in [0.1, 0.15) is 0 Å². The van der Waals surface area contributed by atoms with Gasteiger partial charge in [-0.2, -0.15) is 0 Å². The molecule has 2 nitrogen and oxygen atoms in total. The molecule has 0 fully saturated rings. The van der Waals surface area contributed by atoms with Crippen molar-refractivity contribution in [2.75, 3.05) is 0 Å². The van der Waals surface area contributed by atoms with Crippen LogP contribution in [0.4, 0.5) is 0 Å². The maximum Gasteiger partial charge on any atom is 0.160 e. The van der Waals surface area contributed by atoms with Crippen molar-refractivity contribution >= 4 is 32.3 Å². The second-order valence-electron chi connectivity index (χ2n) is 16.6. The molecule has 11 aromatic rings. The van der Waals surface area contributed by atoms with Gasteiger partial charge in [-0.3, -0.25) is 0 Å². The van der Waals surface area contributed by atoms with Gasteiger partial charge in [0, 0.05) is 22.1 Å². The quantitative estimate of drug-likeness (QED) is 0.124. The Morgan fingerprint density at radius 3 is 1.71 bits per heavy atom. The summed E-state index contributed by atoms with van der Waals surface area (Å²) < 4.78 is 0. The Morgan fingerprint density at radius 1 is 0.339 bits per heavy atom. The van der Waals surface area contributed by atoms with Crippen LogP contribution in [0, 0.1) is 0 Å². The molecule has 1 aliphatic rings. The Labute approximate surface area is 361 Å². The minimum absolute atomic E-state index is 0.398. The minimum Gasteiger partial charge on any atom is -0.228 e. The zero-order valence-corrected chi connectivity index (χ0v) is 34.3. The van der Waals surface area contributed by atoms with Gasteiger partial charge in [0.2, 0.25) is 0 Å². The molecule has 1 heterocycles. The van der Waals surface area contributed by atoms with Crippen molar-refractivity contribution in [3.8, 4) is 67.3 Å². The summed E-state index contributed by atoms with van der Waals surface area (Å²) in [5.41, 5.74) is 15.6. The zero-order chi connectivity index (χ0) is 41.2. The lowest BCUT2D eigenvalue weighted by atomic mass is 9.72. The van der Waals surface area contributed by atoms with Gasteiger partial charge in [-0.05, 0) is 101 Å². The van der Waals surface area contributed by atoms with E-state index >= 15 is 0 Å². The van der Waals surface area contributed by atoms with Crippen LogP contribution in [0.15, 0.2) is 224 Å². The minimum atomic E-state index is -0.398. The third kappa shape index (κ3) is 5.65. The Bertz CT molecular complexity index is 3520. The van der Waals surface area contributed by atoms with Gasteiger partial charge >= 0.3 is 0 Å². The third-order valence-electron chi connectivity index (χ3n) is 13.2. The normalized spacial score (nSPS) is 14.3. The van der Waals surface area contributed by atoms with Gasteiger partial charge in [0.25, 0.3) is 0 Å². The van der Waals surface area contributed by atoms with E-state index in [1.165, 1.54) is 65.7 Å². The number of benzene rings is 10. The highest BCUT2D eigenvalue weighted by atomic mass is 14.9. The van der Waals surface area contributed by atoms with Crippen LogP contribution in [0.1, 0.15) is 23.6 Å². The van der Waals surface area contributed by atoms with Crippen LogP contribution in [-0.4, -0.2) is 9.97 Å². The number of hydrogen-bond donors (Lipinski definition) is 0. The van der Waals surface area contributed by atoms with Crippen LogP contribution >= 0.6 is 0 Å². The van der Waals surface area contributed by atoms with E-state index in [4.69, 9.17) is 9.97 Å². The molecule has 2 heteroatoms. The molecular weight excluding hydrogens is 749 g/mol. The summed E-state index contributed by atoms with van der Waals surface area (Å²) in [5.74, 6) is 0.690. The Kier molecular flexibility index (Phi) is 8.33. The first-order chi connectivity index (χ1) is 30.6. The van der Waals surface area contributed by atoms with Gasteiger partial charge in [-0.25, -0.2) is 9.97 Å². The van der Waals surface area contributed by atoms with Crippen LogP contribution in [0.5, 0.6) is 0 Å². The average molecular weight is 789 g/mol. The standard InChI is InChI=1S/C60H40N2/c1-60(44-21-6-3-7-22-44)54-30-15-14-26-48(54)51-28-16-29-52(58(51)60)56-38-55(49-27-13-12-23-45(49)39-17-4-2-5-18-39)61-59(62-56)42-33-31-41(32-34-42)57-47-25-11-9-20-43(47)37-53-46-24-10-8-19-40(46)35-36-50(53)57/h2-38H,1H3. The van der Waals surface area contributed by atoms with Crippen molar-refractivity contribution in [1.82, 2.24) is 9.97 Å². The second-order valence-corrected chi connectivity index (χ2v) is 16.6. The van der Waals surface area contributed by atoms with Crippen LogP contribution < -0.4 is 0 Å². The number of nitrogens with zero attached hydrogens (tertiary/aromatic N) is 2. The molecule has 10 aromatic carbocycles. The van der Waals surface area contributed by atoms with Crippen molar-refractivity contribution < 1.29 is 0 Å². The van der Waals surface area contributed by atoms with Gasteiger partial charge < -0.3 is 0 Å². The largest absolute Gasteiger partial charge is 0.228 e. The molecule has 62 heavy (non-hydrogen) atoms. The molecule has 290 valence electrons. The monoisotopic (exact) mass is 788 g/mol. The van der Waals surface area contributed by atoms with Crippen molar-refractivity contribution in [1.29, 1.82) is 0 Å². The van der Waals surface area contributed by atoms with Gasteiger partial charge in [-0.15, -0.1) is 0 Å². The fraction of sp³-hybridized carbons (Fsp3) is 0.0333. The summed E-state index contributed by atoms with van der Waals surface area (Å²) >= 11 is 0. The fourth-order valence-corrected chi connectivity index (χ4v) is 10.2. The van der Waals surface area contributed by atoms with Gasteiger partial charge in [0.15, 0.2) is 5.82 Å². The number of hydrogen-bond acceptors (Lipinski definition) is 2. The second kappa shape index (κ2) is 14.4. The Hall–Kier alpha value is -7.94. The van der Waals surface area contributed by atoms with Crippen molar-refractivity contribution in [2.24, 2.45) is 0 Å². The summed E-state index contributed by atoms with van der Waals surface area (Å²) in [4.78, 5) is 11.0. The molecule has 1 aromatic heterocycles. The molecule has 0 saturated carbocycles. The molecule has 1 atom stereocenters. The third-order valence-corrected chi connectivity index (χ3v) is 13.2. The zero-order valence-electron chi connectivity index (χ0n) is 34.3. The van der Waals surface area contributed by atoms with E-state index in [0.717, 1.165) is 44.8 Å². The highest BCUT2D eigenvalue weighted by Gasteiger charge is 2.42. The maximum atomic E-state index is 5.53. The SMILES string of the molecule is CC1(c2ccccc2)c2ccccc2-c2cccc(-c3cc(-c4ccccc4-c4ccccc4)nc(-c4ccc(-c5c6ccccc6cc6c5ccc5ccccc56)cc4)n3)c21. The molecule has 0 spiro atoms. The van der Waals surface area contributed by atoms with E-state index in [9.17, 15) is 0 Å². The molecule has 0 radical (unpaired) electrons. The highest BCUT2D eigenvalue weighted by Crippen LogP contribution is 2.55. The molecule has 0 amide bonds. The summed E-state index contributed by atoms with van der Waals surface area (Å²) in [7, 11) is 0. The highest BCUT2D eigenvalue weighted by molar-refractivity contribution is 6.20. The van der Waals surface area contributed by atoms with Gasteiger partial charge in [0.05, 0.1) is 11.4 Å². The van der Waals surface area contributed by atoms with Crippen molar-refractivity contribution in [2.45, 2.75) is 12.3 Å². The van der Waals surface area contributed by atoms with E-state index in [1.54, 1.807) is 0 Å². The van der Waals surface area contributed by atoms with Crippen molar-refractivity contribution in [3.63, 3.8) is 0 Å². The van der Waals surface area contributed by atoms with Gasteiger partial charge in [-0.1, -0.05) is 212 Å². The molecule has 1 unspecified atom stereocenters. The van der Waals surface area contributed by atoms with Crippen LogP contribution in [0.3, 0.4) is 0 Å². The molecule has 0 bridgehead atoms. The lowest BCUT2D eigenvalue weighted by Gasteiger charge is -2.30. The van der Waals surface area contributed by atoms with Crippen LogP contribution in [-0.2, 0) is 5.41 Å². The Balaban J connectivity index is 1.07. The molecule has 1 aliphatic carbocycles. The number of aromatic nitrogens is 2. The molecule has 12 rings (SSSR count). The fourth-order valence-electron chi connectivity index (χ4n) is 10.2. The van der Waals surface area contributed by atoms with Crippen molar-refractivity contribution in [3.05, 3.63) is 241 Å². The first-order valence-electron chi connectivity index (χ1n) is 21.4. The van der Waals surface area contributed by atoms with E-state index in [2.05, 4.69) is 231 Å². The number of rotatable bonds is 6. The average Bonchev–Trinajstić information content (AvgIpc) is 3.62. The predicted octanol–water partition coefficient (Wildman–Crippen LogP) is 15.6. The number of fused-ring (bicyclic) bond motifs is 7. The molecular formula is C60H40N2. The predicted molar refractivity (Wildman–Crippen MR) is 259 cm³/mol. The maximum absolute atomic E-state index is 5.53. The van der Waals surface area contributed by atoms with E-state index in [-0.39, 0.29) is 0 Å². The topological polar surface area (TPSA) is 25.8 Å². The Morgan fingerprint density at radius 2 is 0.919 bits per heavy atom. The summed E-state index contributed by atoms with van der Waals surface area (Å²) in [6.45, 7) is 2.38. The van der Waals surface area contributed by atoms with E-state index in [0.29, 0.717) is 5.82 Å². The first kappa shape index (κ1) is 36.0. The summed E-state index contributed by atoms with van der Waals surface area (Å²) in [5, 5.41) is 7.48. The lowest BCUT2D eigenvalue weighted by Crippen LogP contribution is -2.23. The van der Waals surface area contributed by atoms with E-state index < -0.39 is 5.41 Å². The molecule has 0 saturated heterocycles. The first-order valence-corrected chi connectivity index (χ1v) is 21.4. The van der Waals surface area contributed by atoms with E-state index in [1.807, 2.05) is 0 Å². The summed E-state index contributed by atoms with van der Waals surface area (Å²) in [6, 6.07) is 81.2.